The Morgan fingerprint density at radius 3 is 2.07 bits per heavy atom. The molecule has 14 heavy (non-hydrogen) atoms. The van der Waals surface area contributed by atoms with Crippen molar-refractivity contribution in [3.05, 3.63) is 0 Å². The highest BCUT2D eigenvalue weighted by atomic mass is 16.5. The second-order valence-corrected chi connectivity index (χ2v) is 5.52. The molecular formula is C12H27NO. The molecule has 0 atom stereocenters. The summed E-state index contributed by atoms with van der Waals surface area (Å²) < 4.78 is 5.64. The highest BCUT2D eigenvalue weighted by Crippen LogP contribution is 2.10. The Morgan fingerprint density at radius 1 is 1.07 bits per heavy atom. The molecular weight excluding hydrogens is 174 g/mol. The number of nitrogens with one attached hydrogen (secondary N) is 1. The summed E-state index contributed by atoms with van der Waals surface area (Å²) in [6.07, 6.45) is 2.43. The van der Waals surface area contributed by atoms with E-state index in [-0.39, 0.29) is 11.1 Å². The SMILES string of the molecule is CCCC(C)(C)NCCOC(C)(C)C. The third-order valence-corrected chi connectivity index (χ3v) is 2.12. The van der Waals surface area contributed by atoms with E-state index in [1.807, 2.05) is 0 Å². The Balaban J connectivity index is 3.54. The lowest BCUT2D eigenvalue weighted by Gasteiger charge is -2.27. The molecule has 86 valence electrons. The van der Waals surface area contributed by atoms with Gasteiger partial charge in [-0.25, -0.2) is 0 Å². The Bertz CT molecular complexity index is 147. The summed E-state index contributed by atoms with van der Waals surface area (Å²) in [5.74, 6) is 0. The summed E-state index contributed by atoms with van der Waals surface area (Å²) >= 11 is 0. The summed E-state index contributed by atoms with van der Waals surface area (Å²) in [7, 11) is 0. The number of ether oxygens (including phenoxy) is 1. The van der Waals surface area contributed by atoms with Gasteiger partial charge in [0.05, 0.1) is 12.2 Å². The average molecular weight is 201 g/mol. The lowest BCUT2D eigenvalue weighted by molar-refractivity contribution is -0.00298. The normalized spacial score (nSPS) is 13.3. The topological polar surface area (TPSA) is 21.3 Å². The van der Waals surface area contributed by atoms with Crippen molar-refractivity contribution in [3.63, 3.8) is 0 Å². The van der Waals surface area contributed by atoms with Crippen molar-refractivity contribution >= 4 is 0 Å². The van der Waals surface area contributed by atoms with Gasteiger partial charge in [0.15, 0.2) is 0 Å². The highest BCUT2D eigenvalue weighted by Gasteiger charge is 2.15. The number of hydrogen-bond acceptors (Lipinski definition) is 2. The first-order valence-corrected chi connectivity index (χ1v) is 5.66. The average Bonchev–Trinajstić information content (AvgIpc) is 1.96. The van der Waals surface area contributed by atoms with Gasteiger partial charge in [0.25, 0.3) is 0 Å². The van der Waals surface area contributed by atoms with E-state index in [1.165, 1.54) is 12.8 Å². The van der Waals surface area contributed by atoms with Crippen molar-refractivity contribution in [1.29, 1.82) is 0 Å². The number of hydrogen-bond donors (Lipinski definition) is 1. The molecule has 0 fully saturated rings. The fraction of sp³-hybridized carbons (Fsp3) is 1.00. The van der Waals surface area contributed by atoms with Gasteiger partial charge in [0.2, 0.25) is 0 Å². The quantitative estimate of drug-likeness (QED) is 0.667. The van der Waals surface area contributed by atoms with E-state index < -0.39 is 0 Å². The molecule has 0 amide bonds. The van der Waals surface area contributed by atoms with Crippen molar-refractivity contribution in [1.82, 2.24) is 5.32 Å². The molecule has 0 aliphatic carbocycles. The molecule has 1 N–H and O–H groups in total. The van der Waals surface area contributed by atoms with E-state index in [0.717, 1.165) is 13.2 Å². The molecule has 0 unspecified atom stereocenters. The largest absolute Gasteiger partial charge is 0.375 e. The first kappa shape index (κ1) is 13.9. The van der Waals surface area contributed by atoms with Crippen LogP contribution in [0.15, 0.2) is 0 Å². The van der Waals surface area contributed by atoms with Crippen molar-refractivity contribution in [2.75, 3.05) is 13.2 Å². The molecule has 0 aromatic heterocycles. The van der Waals surface area contributed by atoms with Gasteiger partial charge in [-0.2, -0.15) is 0 Å². The summed E-state index contributed by atoms with van der Waals surface area (Å²) in [6.45, 7) is 14.7. The molecule has 0 aliphatic rings. The zero-order valence-corrected chi connectivity index (χ0v) is 10.7. The lowest BCUT2D eigenvalue weighted by atomic mass is 9.99. The lowest BCUT2D eigenvalue weighted by Crippen LogP contribution is -2.41. The van der Waals surface area contributed by atoms with E-state index in [4.69, 9.17) is 4.74 Å². The predicted octanol–water partition coefficient (Wildman–Crippen LogP) is 2.97. The summed E-state index contributed by atoms with van der Waals surface area (Å²) in [6, 6.07) is 0. The van der Waals surface area contributed by atoms with Crippen LogP contribution in [0.25, 0.3) is 0 Å². The maximum atomic E-state index is 5.64. The third kappa shape index (κ3) is 8.52. The maximum absolute atomic E-state index is 5.64. The zero-order chi connectivity index (χ0) is 11.2. The predicted molar refractivity (Wildman–Crippen MR) is 62.7 cm³/mol. The Kier molecular flexibility index (Phi) is 5.68. The van der Waals surface area contributed by atoms with Gasteiger partial charge in [0, 0.05) is 12.1 Å². The molecule has 0 saturated heterocycles. The second-order valence-electron chi connectivity index (χ2n) is 5.52. The molecule has 0 aliphatic heterocycles. The van der Waals surface area contributed by atoms with Crippen LogP contribution in [0, 0.1) is 0 Å². The fourth-order valence-corrected chi connectivity index (χ4v) is 1.46. The van der Waals surface area contributed by atoms with Crippen LogP contribution in [0.3, 0.4) is 0 Å². The molecule has 0 aromatic rings. The van der Waals surface area contributed by atoms with Gasteiger partial charge in [-0.3, -0.25) is 0 Å². The molecule has 0 spiro atoms. The van der Waals surface area contributed by atoms with Crippen LogP contribution in [0.5, 0.6) is 0 Å². The Labute approximate surface area is 89.4 Å². The van der Waals surface area contributed by atoms with Crippen LogP contribution in [0.2, 0.25) is 0 Å². The fourth-order valence-electron chi connectivity index (χ4n) is 1.46. The van der Waals surface area contributed by atoms with E-state index in [0.29, 0.717) is 0 Å². The third-order valence-electron chi connectivity index (χ3n) is 2.12. The Morgan fingerprint density at radius 2 is 1.64 bits per heavy atom. The summed E-state index contributed by atoms with van der Waals surface area (Å²) in [4.78, 5) is 0. The molecule has 0 bridgehead atoms. The van der Waals surface area contributed by atoms with Crippen molar-refractivity contribution < 1.29 is 4.74 Å². The zero-order valence-electron chi connectivity index (χ0n) is 10.7. The van der Waals surface area contributed by atoms with Crippen LogP contribution >= 0.6 is 0 Å². The standard InChI is InChI=1S/C12H27NO/c1-7-8-12(5,6)13-9-10-14-11(2,3)4/h13H,7-10H2,1-6H3. The molecule has 0 heterocycles. The van der Waals surface area contributed by atoms with Gasteiger partial charge >= 0.3 is 0 Å². The molecule has 0 radical (unpaired) electrons. The van der Waals surface area contributed by atoms with E-state index in [2.05, 4.69) is 46.9 Å². The first-order chi connectivity index (χ1) is 6.27. The summed E-state index contributed by atoms with van der Waals surface area (Å²) in [5.41, 5.74) is 0.229. The van der Waals surface area contributed by atoms with Gasteiger partial charge in [-0.15, -0.1) is 0 Å². The minimum Gasteiger partial charge on any atom is -0.375 e. The van der Waals surface area contributed by atoms with E-state index in [1.54, 1.807) is 0 Å². The van der Waals surface area contributed by atoms with Crippen LogP contribution in [-0.4, -0.2) is 24.3 Å². The van der Waals surface area contributed by atoms with E-state index >= 15 is 0 Å². The minimum absolute atomic E-state index is 0.0173. The summed E-state index contributed by atoms with van der Waals surface area (Å²) in [5, 5.41) is 3.51. The first-order valence-electron chi connectivity index (χ1n) is 5.66. The monoisotopic (exact) mass is 201 g/mol. The number of rotatable bonds is 6. The van der Waals surface area contributed by atoms with Gasteiger partial charge in [-0.05, 0) is 41.0 Å². The highest BCUT2D eigenvalue weighted by molar-refractivity contribution is 4.76. The van der Waals surface area contributed by atoms with Crippen molar-refractivity contribution in [2.45, 2.75) is 65.5 Å². The molecule has 0 saturated carbocycles. The van der Waals surface area contributed by atoms with Crippen LogP contribution in [-0.2, 0) is 4.74 Å². The smallest absolute Gasteiger partial charge is 0.0599 e. The van der Waals surface area contributed by atoms with E-state index in [9.17, 15) is 0 Å². The Hall–Kier alpha value is -0.0800. The molecule has 0 rings (SSSR count). The molecule has 2 heteroatoms. The van der Waals surface area contributed by atoms with Crippen molar-refractivity contribution in [2.24, 2.45) is 0 Å². The van der Waals surface area contributed by atoms with Crippen LogP contribution in [0.4, 0.5) is 0 Å². The van der Waals surface area contributed by atoms with Crippen molar-refractivity contribution in [3.8, 4) is 0 Å². The maximum Gasteiger partial charge on any atom is 0.0599 e. The van der Waals surface area contributed by atoms with Gasteiger partial charge < -0.3 is 10.1 Å². The van der Waals surface area contributed by atoms with Gasteiger partial charge in [0.1, 0.15) is 0 Å². The van der Waals surface area contributed by atoms with Gasteiger partial charge in [-0.1, -0.05) is 13.3 Å². The molecule has 0 aromatic carbocycles. The van der Waals surface area contributed by atoms with Crippen LogP contribution < -0.4 is 5.32 Å². The molecule has 2 nitrogen and oxygen atoms in total. The second kappa shape index (κ2) is 5.72. The minimum atomic E-state index is -0.0173. The van der Waals surface area contributed by atoms with Crippen LogP contribution in [0.1, 0.15) is 54.4 Å².